The Hall–Kier alpha value is -2.50. The number of benzene rings is 2. The lowest BCUT2D eigenvalue weighted by atomic mass is 10.0. The van der Waals surface area contributed by atoms with E-state index < -0.39 is 5.60 Å². The Morgan fingerprint density at radius 2 is 1.92 bits per heavy atom. The minimum Gasteiger partial charge on any atom is -0.496 e. The summed E-state index contributed by atoms with van der Waals surface area (Å²) < 4.78 is 12.0. The molecule has 2 aliphatic rings. The first-order chi connectivity index (χ1) is 12.7. The van der Waals surface area contributed by atoms with Gasteiger partial charge < -0.3 is 14.4 Å². The molecule has 0 aromatic heterocycles. The van der Waals surface area contributed by atoms with E-state index in [0.29, 0.717) is 6.61 Å². The van der Waals surface area contributed by atoms with Crippen molar-refractivity contribution in [2.45, 2.75) is 12.0 Å². The normalized spacial score (nSPS) is 20.3. The van der Waals surface area contributed by atoms with Crippen LogP contribution in [0.5, 0.6) is 11.5 Å². The highest BCUT2D eigenvalue weighted by atomic mass is 16.6. The first kappa shape index (κ1) is 16.9. The van der Waals surface area contributed by atoms with Gasteiger partial charge in [-0.25, -0.2) is 0 Å². The van der Waals surface area contributed by atoms with E-state index in [2.05, 4.69) is 22.5 Å². The second-order valence-corrected chi connectivity index (χ2v) is 6.91. The standard InChI is InChI=1S/C21H24N2O3/c1-23(2)12-13-25-22-20-16-14-21(16,15-8-5-4-6-9-15)26-18-11-7-10-17(24-3)19(18)20/h4-11,22H,12-14H2,1-3H3. The van der Waals surface area contributed by atoms with Crippen LogP contribution in [0, 0.1) is 0 Å². The number of ether oxygens (including phenoxy) is 2. The Morgan fingerprint density at radius 3 is 2.65 bits per heavy atom. The van der Waals surface area contributed by atoms with Crippen molar-refractivity contribution in [3.05, 3.63) is 65.2 Å². The Kier molecular flexibility index (Phi) is 4.34. The van der Waals surface area contributed by atoms with E-state index in [1.807, 2.05) is 50.5 Å². The van der Waals surface area contributed by atoms with Gasteiger partial charge in [0, 0.05) is 24.1 Å². The predicted octanol–water partition coefficient (Wildman–Crippen LogP) is 3.18. The molecule has 5 heteroatoms. The lowest BCUT2D eigenvalue weighted by Gasteiger charge is -2.27. The summed E-state index contributed by atoms with van der Waals surface area (Å²) in [4.78, 5) is 7.84. The molecule has 0 spiro atoms. The summed E-state index contributed by atoms with van der Waals surface area (Å²) in [5, 5.41) is 0. The molecule has 26 heavy (non-hydrogen) atoms. The SMILES string of the molecule is COc1cccc2c1C(NOCCN(C)C)=C1CC1(c1ccccc1)O2. The van der Waals surface area contributed by atoms with Crippen LogP contribution in [0.25, 0.3) is 5.70 Å². The summed E-state index contributed by atoms with van der Waals surface area (Å²) in [5.74, 6) is 1.59. The third-order valence-electron chi connectivity index (χ3n) is 4.89. The molecule has 0 saturated heterocycles. The number of rotatable bonds is 7. The highest BCUT2D eigenvalue weighted by Crippen LogP contribution is 2.62. The van der Waals surface area contributed by atoms with Gasteiger partial charge in [-0.05, 0) is 26.2 Å². The van der Waals surface area contributed by atoms with Gasteiger partial charge in [0.15, 0.2) is 5.60 Å². The van der Waals surface area contributed by atoms with E-state index in [1.165, 1.54) is 5.57 Å². The molecule has 5 nitrogen and oxygen atoms in total. The van der Waals surface area contributed by atoms with Crippen LogP contribution in [0.3, 0.4) is 0 Å². The van der Waals surface area contributed by atoms with Gasteiger partial charge in [-0.1, -0.05) is 36.4 Å². The van der Waals surface area contributed by atoms with Crippen molar-refractivity contribution >= 4 is 5.70 Å². The summed E-state index contributed by atoms with van der Waals surface area (Å²) in [6.45, 7) is 1.43. The van der Waals surface area contributed by atoms with Gasteiger partial charge in [0.25, 0.3) is 0 Å². The van der Waals surface area contributed by atoms with Crippen molar-refractivity contribution in [3.63, 3.8) is 0 Å². The van der Waals surface area contributed by atoms with Gasteiger partial charge in [0.1, 0.15) is 11.5 Å². The zero-order valence-corrected chi connectivity index (χ0v) is 15.4. The quantitative estimate of drug-likeness (QED) is 0.612. The molecule has 1 aliphatic heterocycles. The molecule has 0 radical (unpaired) electrons. The van der Waals surface area contributed by atoms with Crippen molar-refractivity contribution < 1.29 is 14.3 Å². The molecule has 136 valence electrons. The maximum absolute atomic E-state index is 6.46. The monoisotopic (exact) mass is 352 g/mol. The van der Waals surface area contributed by atoms with Crippen LogP contribution < -0.4 is 15.0 Å². The molecule has 1 aliphatic carbocycles. The van der Waals surface area contributed by atoms with Crippen LogP contribution in [-0.4, -0.2) is 39.3 Å². The molecule has 1 atom stereocenters. The van der Waals surface area contributed by atoms with E-state index in [9.17, 15) is 0 Å². The molecule has 1 saturated carbocycles. The average molecular weight is 352 g/mol. The third kappa shape index (κ3) is 2.83. The molecule has 1 unspecified atom stereocenters. The van der Waals surface area contributed by atoms with E-state index in [0.717, 1.165) is 41.3 Å². The molecule has 1 N–H and O–H groups in total. The molecule has 1 fully saturated rings. The van der Waals surface area contributed by atoms with Crippen LogP contribution in [0.2, 0.25) is 0 Å². The number of fused-ring (bicyclic) bond motifs is 2. The summed E-state index contributed by atoms with van der Waals surface area (Å²) >= 11 is 0. The van der Waals surface area contributed by atoms with Crippen LogP contribution in [0.15, 0.2) is 54.1 Å². The first-order valence-electron chi connectivity index (χ1n) is 8.84. The Balaban J connectivity index is 1.70. The molecule has 2 aromatic carbocycles. The van der Waals surface area contributed by atoms with Gasteiger partial charge in [0.05, 0.1) is 25.0 Å². The van der Waals surface area contributed by atoms with Gasteiger partial charge in [-0.15, -0.1) is 0 Å². The lowest BCUT2D eigenvalue weighted by molar-refractivity contribution is 0.0650. The van der Waals surface area contributed by atoms with Gasteiger partial charge in [0.2, 0.25) is 0 Å². The molecule has 1 heterocycles. The zero-order chi connectivity index (χ0) is 18.1. The van der Waals surface area contributed by atoms with Crippen molar-refractivity contribution in [2.75, 3.05) is 34.4 Å². The number of nitrogens with one attached hydrogen (secondary N) is 1. The number of methoxy groups -OCH3 is 1. The Bertz CT molecular complexity index is 832. The number of hydroxylamine groups is 1. The second-order valence-electron chi connectivity index (χ2n) is 6.91. The first-order valence-corrected chi connectivity index (χ1v) is 8.84. The minimum absolute atomic E-state index is 0.395. The van der Waals surface area contributed by atoms with Crippen LogP contribution in [-0.2, 0) is 10.4 Å². The van der Waals surface area contributed by atoms with Crippen molar-refractivity contribution in [1.82, 2.24) is 10.4 Å². The van der Waals surface area contributed by atoms with E-state index >= 15 is 0 Å². The molecule has 0 amide bonds. The number of hydrogen-bond acceptors (Lipinski definition) is 5. The molecular weight excluding hydrogens is 328 g/mol. The highest BCUT2D eigenvalue weighted by Gasteiger charge is 2.58. The summed E-state index contributed by atoms with van der Waals surface area (Å²) in [6.07, 6.45) is 0.841. The van der Waals surface area contributed by atoms with E-state index in [4.69, 9.17) is 14.3 Å². The largest absolute Gasteiger partial charge is 0.496 e. The third-order valence-corrected chi connectivity index (χ3v) is 4.89. The smallest absolute Gasteiger partial charge is 0.162 e. The highest BCUT2D eigenvalue weighted by molar-refractivity contribution is 5.83. The summed E-state index contributed by atoms with van der Waals surface area (Å²) in [7, 11) is 5.73. The molecule has 4 rings (SSSR count). The second kappa shape index (κ2) is 6.67. The maximum atomic E-state index is 6.46. The zero-order valence-electron chi connectivity index (χ0n) is 15.4. The van der Waals surface area contributed by atoms with Crippen molar-refractivity contribution in [1.29, 1.82) is 0 Å². The fraction of sp³-hybridized carbons (Fsp3) is 0.333. The van der Waals surface area contributed by atoms with Crippen molar-refractivity contribution in [2.24, 2.45) is 0 Å². The van der Waals surface area contributed by atoms with Crippen LogP contribution in [0.4, 0.5) is 0 Å². The van der Waals surface area contributed by atoms with E-state index in [1.54, 1.807) is 7.11 Å². The van der Waals surface area contributed by atoms with Gasteiger partial charge in [-0.2, -0.15) is 0 Å². The van der Waals surface area contributed by atoms with Gasteiger partial charge >= 0.3 is 0 Å². The van der Waals surface area contributed by atoms with Crippen LogP contribution in [0.1, 0.15) is 17.5 Å². The molecular formula is C21H24N2O3. The fourth-order valence-electron chi connectivity index (χ4n) is 3.45. The van der Waals surface area contributed by atoms with E-state index in [-0.39, 0.29) is 0 Å². The Labute approximate surface area is 154 Å². The molecule has 2 aromatic rings. The van der Waals surface area contributed by atoms with Gasteiger partial charge in [-0.3, -0.25) is 10.3 Å². The number of nitrogens with zero attached hydrogens (tertiary/aromatic N) is 1. The average Bonchev–Trinajstić information content (AvgIpc) is 3.40. The van der Waals surface area contributed by atoms with Crippen LogP contribution >= 0.6 is 0 Å². The number of hydrogen-bond donors (Lipinski definition) is 1. The summed E-state index contributed by atoms with van der Waals surface area (Å²) in [5.41, 5.74) is 7.05. The fourth-order valence-corrected chi connectivity index (χ4v) is 3.45. The lowest BCUT2D eigenvalue weighted by Crippen LogP contribution is -2.27. The topological polar surface area (TPSA) is 43.0 Å². The Morgan fingerprint density at radius 1 is 1.12 bits per heavy atom. The predicted molar refractivity (Wildman–Crippen MR) is 101 cm³/mol. The minimum atomic E-state index is -0.395. The summed E-state index contributed by atoms with van der Waals surface area (Å²) in [6, 6.07) is 16.2. The van der Waals surface area contributed by atoms with Crippen molar-refractivity contribution in [3.8, 4) is 11.5 Å². The number of likely N-dealkylation sites (N-methyl/N-ethyl adjacent to an activating group) is 1. The maximum Gasteiger partial charge on any atom is 0.162 e. The molecule has 0 bridgehead atoms.